The summed E-state index contributed by atoms with van der Waals surface area (Å²) in [7, 11) is -2.06. The average molecular weight is 206 g/mol. The van der Waals surface area contributed by atoms with Crippen LogP contribution in [-0.4, -0.2) is 32.0 Å². The summed E-state index contributed by atoms with van der Waals surface area (Å²) in [4.78, 5) is 11.2. The Bertz CT molecular complexity index is 300. The van der Waals surface area contributed by atoms with Gasteiger partial charge in [0.15, 0.2) is 14.6 Å². The molecule has 4 nitrogen and oxygen atoms in total. The molecular formula is C8H14O4S. The van der Waals surface area contributed by atoms with Crippen LogP contribution in [-0.2, 0) is 19.4 Å². The molecule has 5 heteroatoms. The maximum atomic E-state index is 11.6. The zero-order chi connectivity index (χ0) is 10.1. The van der Waals surface area contributed by atoms with Crippen molar-refractivity contribution in [3.63, 3.8) is 0 Å². The summed E-state index contributed by atoms with van der Waals surface area (Å²) in [6, 6.07) is 0. The monoisotopic (exact) mass is 206 g/mol. The minimum Gasteiger partial charge on any atom is -0.468 e. The van der Waals surface area contributed by atoms with E-state index in [9.17, 15) is 13.2 Å². The molecule has 76 valence electrons. The van der Waals surface area contributed by atoms with Crippen LogP contribution in [0.1, 0.15) is 26.2 Å². The van der Waals surface area contributed by atoms with Gasteiger partial charge in [-0.25, -0.2) is 8.42 Å². The van der Waals surface area contributed by atoms with Gasteiger partial charge in [0.05, 0.1) is 12.9 Å². The lowest BCUT2D eigenvalue weighted by atomic mass is 10.4. The number of carbonyl (C=O) groups is 1. The van der Waals surface area contributed by atoms with E-state index >= 15 is 0 Å². The van der Waals surface area contributed by atoms with E-state index in [4.69, 9.17) is 0 Å². The minimum absolute atomic E-state index is 0.0715. The van der Waals surface area contributed by atoms with Gasteiger partial charge in [0.1, 0.15) is 0 Å². The van der Waals surface area contributed by atoms with Crippen molar-refractivity contribution in [2.24, 2.45) is 0 Å². The summed E-state index contributed by atoms with van der Waals surface area (Å²) in [6.45, 7) is 1.78. The summed E-state index contributed by atoms with van der Waals surface area (Å²) >= 11 is 0. The molecule has 0 radical (unpaired) electrons. The lowest BCUT2D eigenvalue weighted by Crippen LogP contribution is -2.35. The maximum Gasteiger partial charge on any atom is 0.327 e. The fourth-order valence-electron chi connectivity index (χ4n) is 1.41. The van der Waals surface area contributed by atoms with Crippen molar-refractivity contribution in [3.05, 3.63) is 0 Å². The fourth-order valence-corrected chi connectivity index (χ4v) is 3.40. The second kappa shape index (κ2) is 3.29. The van der Waals surface area contributed by atoms with E-state index in [1.807, 2.05) is 0 Å². The van der Waals surface area contributed by atoms with E-state index in [2.05, 4.69) is 4.74 Å². The van der Waals surface area contributed by atoms with Gasteiger partial charge in [0.25, 0.3) is 0 Å². The van der Waals surface area contributed by atoms with Crippen LogP contribution in [0.4, 0.5) is 0 Å². The van der Waals surface area contributed by atoms with Crippen LogP contribution in [0.5, 0.6) is 0 Å². The first-order valence-electron chi connectivity index (χ1n) is 4.31. The molecule has 0 aromatic rings. The predicted molar refractivity (Wildman–Crippen MR) is 48.1 cm³/mol. The predicted octanol–water partition coefficient (Wildman–Crippen LogP) is 0.517. The molecule has 0 aliphatic heterocycles. The Morgan fingerprint density at radius 2 is 2.00 bits per heavy atom. The zero-order valence-electron chi connectivity index (χ0n) is 7.87. The Morgan fingerprint density at radius 1 is 1.46 bits per heavy atom. The molecule has 0 bridgehead atoms. The summed E-state index contributed by atoms with van der Waals surface area (Å²) < 4.78 is 26.5. The quantitative estimate of drug-likeness (QED) is 0.629. The van der Waals surface area contributed by atoms with Crippen LogP contribution in [0, 0.1) is 0 Å². The zero-order valence-corrected chi connectivity index (χ0v) is 8.69. The van der Waals surface area contributed by atoms with Gasteiger partial charge in [-0.1, -0.05) is 6.92 Å². The Balaban J connectivity index is 2.88. The number of methoxy groups -OCH3 is 1. The molecule has 1 saturated carbocycles. The van der Waals surface area contributed by atoms with Crippen LogP contribution < -0.4 is 0 Å². The lowest BCUT2D eigenvalue weighted by Gasteiger charge is -2.12. The van der Waals surface area contributed by atoms with Gasteiger partial charge in [-0.2, -0.15) is 0 Å². The van der Waals surface area contributed by atoms with Crippen LogP contribution in [0.15, 0.2) is 0 Å². The summed E-state index contributed by atoms with van der Waals surface area (Å²) in [5.41, 5.74) is 0. The number of hydrogen-bond acceptors (Lipinski definition) is 4. The van der Waals surface area contributed by atoms with Gasteiger partial charge in [0.2, 0.25) is 0 Å². The van der Waals surface area contributed by atoms with Gasteiger partial charge in [-0.05, 0) is 19.3 Å². The molecule has 1 aliphatic rings. The first-order valence-corrected chi connectivity index (χ1v) is 5.96. The Labute approximate surface area is 78.2 Å². The molecule has 0 heterocycles. The summed E-state index contributed by atoms with van der Waals surface area (Å²) in [5.74, 6) is -0.525. The van der Waals surface area contributed by atoms with Gasteiger partial charge in [-0.15, -0.1) is 0 Å². The maximum absolute atomic E-state index is 11.6. The summed E-state index contributed by atoms with van der Waals surface area (Å²) in [5, 5.41) is 0. The molecule has 0 N–H and O–H groups in total. The number of ether oxygens (including phenoxy) is 1. The van der Waals surface area contributed by atoms with Crippen LogP contribution in [0.3, 0.4) is 0 Å². The van der Waals surface area contributed by atoms with E-state index in [0.29, 0.717) is 19.3 Å². The highest BCUT2D eigenvalue weighted by Crippen LogP contribution is 2.45. The van der Waals surface area contributed by atoms with Gasteiger partial charge in [0, 0.05) is 0 Å². The van der Waals surface area contributed by atoms with Crippen molar-refractivity contribution in [2.45, 2.75) is 30.9 Å². The Morgan fingerprint density at radius 3 is 2.31 bits per heavy atom. The lowest BCUT2D eigenvalue weighted by molar-refractivity contribution is -0.140. The average Bonchev–Trinajstić information content (AvgIpc) is 2.83. The molecule has 1 rings (SSSR count). The van der Waals surface area contributed by atoms with Gasteiger partial charge >= 0.3 is 5.97 Å². The minimum atomic E-state index is -3.28. The number of esters is 1. The molecule has 0 spiro atoms. The van der Waals surface area contributed by atoms with Crippen molar-refractivity contribution < 1.29 is 17.9 Å². The molecule has 1 fully saturated rings. The molecule has 0 saturated heterocycles. The topological polar surface area (TPSA) is 60.4 Å². The molecular weight excluding hydrogens is 192 g/mol. The summed E-state index contributed by atoms with van der Waals surface area (Å²) in [6.07, 6.45) is 1.38. The molecule has 0 aromatic carbocycles. The molecule has 1 aliphatic carbocycles. The van der Waals surface area contributed by atoms with Crippen molar-refractivity contribution in [2.75, 3.05) is 12.9 Å². The number of hydrogen-bond donors (Lipinski definition) is 0. The highest BCUT2D eigenvalue weighted by molar-refractivity contribution is 7.93. The van der Waals surface area contributed by atoms with Crippen LogP contribution >= 0.6 is 0 Å². The highest BCUT2D eigenvalue weighted by Gasteiger charge is 2.61. The third kappa shape index (κ3) is 1.57. The number of rotatable bonds is 4. The van der Waals surface area contributed by atoms with Crippen LogP contribution in [0.25, 0.3) is 0 Å². The van der Waals surface area contributed by atoms with Crippen molar-refractivity contribution in [1.82, 2.24) is 0 Å². The molecule has 0 aromatic heterocycles. The van der Waals surface area contributed by atoms with Crippen molar-refractivity contribution in [3.8, 4) is 0 Å². The first-order chi connectivity index (χ1) is 6.00. The second-order valence-corrected chi connectivity index (χ2v) is 5.72. The fraction of sp³-hybridized carbons (Fsp3) is 0.875. The highest BCUT2D eigenvalue weighted by atomic mass is 32.2. The van der Waals surface area contributed by atoms with E-state index in [1.54, 1.807) is 6.92 Å². The second-order valence-electron chi connectivity index (χ2n) is 3.30. The van der Waals surface area contributed by atoms with E-state index in [0.717, 1.165) is 0 Å². The largest absolute Gasteiger partial charge is 0.468 e. The van der Waals surface area contributed by atoms with E-state index in [1.165, 1.54) is 7.11 Å². The number of carbonyl (C=O) groups excluding carboxylic acids is 1. The van der Waals surface area contributed by atoms with Crippen molar-refractivity contribution >= 4 is 15.8 Å². The van der Waals surface area contributed by atoms with E-state index in [-0.39, 0.29) is 5.75 Å². The normalized spacial score (nSPS) is 19.5. The van der Waals surface area contributed by atoms with E-state index < -0.39 is 20.6 Å². The smallest absolute Gasteiger partial charge is 0.327 e. The molecule has 0 amide bonds. The first kappa shape index (κ1) is 10.5. The molecule has 0 unspecified atom stereocenters. The molecule has 0 atom stereocenters. The molecule has 13 heavy (non-hydrogen) atoms. The third-order valence-electron chi connectivity index (χ3n) is 2.33. The Kier molecular flexibility index (Phi) is 2.66. The SMILES string of the molecule is CCCS(=O)(=O)C1(C(=O)OC)CC1. The van der Waals surface area contributed by atoms with Gasteiger partial charge in [-0.3, -0.25) is 4.79 Å². The van der Waals surface area contributed by atoms with Crippen LogP contribution in [0.2, 0.25) is 0 Å². The van der Waals surface area contributed by atoms with Gasteiger partial charge < -0.3 is 4.74 Å². The standard InChI is InChI=1S/C8H14O4S/c1-3-6-13(10,11)8(4-5-8)7(9)12-2/h3-6H2,1-2H3. The number of sulfone groups is 1. The Hall–Kier alpha value is -0.580. The third-order valence-corrected chi connectivity index (χ3v) is 5.04. The van der Waals surface area contributed by atoms with Crippen molar-refractivity contribution in [1.29, 1.82) is 0 Å².